The minimum absolute atomic E-state index is 0.492. The first-order valence-electron chi connectivity index (χ1n) is 6.98. The van der Waals surface area contributed by atoms with Gasteiger partial charge in [0.25, 0.3) is 0 Å². The van der Waals surface area contributed by atoms with Crippen molar-refractivity contribution in [1.29, 1.82) is 0 Å². The molecule has 0 saturated heterocycles. The van der Waals surface area contributed by atoms with E-state index in [1.165, 1.54) is 31.2 Å². The highest BCUT2D eigenvalue weighted by Gasteiger charge is 2.30. The zero-order valence-corrected chi connectivity index (χ0v) is 11.3. The van der Waals surface area contributed by atoms with E-state index in [4.69, 9.17) is 0 Å². The van der Waals surface area contributed by atoms with E-state index in [1.54, 1.807) is 0 Å². The fraction of sp³-hybridized carbons (Fsp3) is 0.786. The highest BCUT2D eigenvalue weighted by molar-refractivity contribution is 5.12. The van der Waals surface area contributed by atoms with E-state index < -0.39 is 0 Å². The van der Waals surface area contributed by atoms with Crippen LogP contribution in [0.1, 0.15) is 51.1 Å². The summed E-state index contributed by atoms with van der Waals surface area (Å²) < 4.78 is 2.02. The molecule has 3 unspecified atom stereocenters. The second-order valence-corrected chi connectivity index (χ2v) is 5.24. The van der Waals surface area contributed by atoms with Crippen LogP contribution in [0.15, 0.2) is 12.4 Å². The molecule has 0 aromatic carbocycles. The number of hydrogen-bond donors (Lipinski definition) is 1. The van der Waals surface area contributed by atoms with Gasteiger partial charge >= 0.3 is 0 Å². The standard InChI is InChI=1S/C14H25N3/c1-4-11-6-7-12(8-11)14(15-3)13-9-16-17(5-2)10-13/h9-12,14-15H,4-8H2,1-3H3. The number of nitrogens with zero attached hydrogens (tertiary/aromatic N) is 2. The molecule has 3 nitrogen and oxygen atoms in total. The third-order valence-corrected chi connectivity index (χ3v) is 4.28. The van der Waals surface area contributed by atoms with Gasteiger partial charge in [0.05, 0.1) is 6.20 Å². The number of aromatic nitrogens is 2. The minimum atomic E-state index is 0.492. The van der Waals surface area contributed by atoms with Gasteiger partial charge in [-0.2, -0.15) is 5.10 Å². The normalized spacial score (nSPS) is 26.3. The summed E-state index contributed by atoms with van der Waals surface area (Å²) in [7, 11) is 2.08. The molecule has 1 aromatic heterocycles. The van der Waals surface area contributed by atoms with Crippen molar-refractivity contribution < 1.29 is 0 Å². The molecule has 0 bridgehead atoms. The summed E-state index contributed by atoms with van der Waals surface area (Å²) in [6.07, 6.45) is 9.70. The molecular weight excluding hydrogens is 210 g/mol. The number of rotatable bonds is 5. The molecule has 17 heavy (non-hydrogen) atoms. The van der Waals surface area contributed by atoms with Crippen LogP contribution in [0.25, 0.3) is 0 Å². The largest absolute Gasteiger partial charge is 0.313 e. The molecule has 1 aliphatic rings. The molecule has 3 heteroatoms. The van der Waals surface area contributed by atoms with Crippen LogP contribution in [0.4, 0.5) is 0 Å². The van der Waals surface area contributed by atoms with E-state index in [0.717, 1.165) is 18.4 Å². The molecule has 1 heterocycles. The predicted molar refractivity (Wildman–Crippen MR) is 70.8 cm³/mol. The lowest BCUT2D eigenvalue weighted by molar-refractivity contribution is 0.372. The molecule has 2 rings (SSSR count). The Morgan fingerprint density at radius 1 is 1.47 bits per heavy atom. The number of nitrogens with one attached hydrogen (secondary N) is 1. The topological polar surface area (TPSA) is 29.9 Å². The maximum absolute atomic E-state index is 4.39. The van der Waals surface area contributed by atoms with Crippen LogP contribution in [0.5, 0.6) is 0 Å². The first-order chi connectivity index (χ1) is 8.28. The summed E-state index contributed by atoms with van der Waals surface area (Å²) in [5, 5.41) is 7.88. The summed E-state index contributed by atoms with van der Waals surface area (Å²) in [5.74, 6) is 1.73. The van der Waals surface area contributed by atoms with Gasteiger partial charge in [-0.05, 0) is 38.6 Å². The van der Waals surface area contributed by atoms with Gasteiger partial charge < -0.3 is 5.32 Å². The maximum Gasteiger partial charge on any atom is 0.0537 e. The average molecular weight is 235 g/mol. The molecule has 1 saturated carbocycles. The van der Waals surface area contributed by atoms with E-state index in [0.29, 0.717) is 6.04 Å². The lowest BCUT2D eigenvalue weighted by atomic mass is 9.92. The summed E-state index contributed by atoms with van der Waals surface area (Å²) in [6, 6.07) is 0.492. The van der Waals surface area contributed by atoms with Gasteiger partial charge in [-0.1, -0.05) is 19.8 Å². The van der Waals surface area contributed by atoms with Crippen molar-refractivity contribution in [3.8, 4) is 0 Å². The Balaban J connectivity index is 2.06. The predicted octanol–water partition coefficient (Wildman–Crippen LogP) is 2.99. The van der Waals surface area contributed by atoms with E-state index in [-0.39, 0.29) is 0 Å². The van der Waals surface area contributed by atoms with Gasteiger partial charge in [0.1, 0.15) is 0 Å². The molecule has 96 valence electrons. The molecule has 0 aliphatic heterocycles. The molecule has 0 radical (unpaired) electrons. The summed E-state index contributed by atoms with van der Waals surface area (Å²) in [6.45, 7) is 5.41. The SMILES string of the molecule is CCC1CCC(C(NC)c2cnn(CC)c2)C1. The van der Waals surface area contributed by atoms with E-state index in [2.05, 4.69) is 37.5 Å². The van der Waals surface area contributed by atoms with Crippen molar-refractivity contribution in [3.63, 3.8) is 0 Å². The number of hydrogen-bond acceptors (Lipinski definition) is 2. The maximum atomic E-state index is 4.39. The molecular formula is C14H25N3. The van der Waals surface area contributed by atoms with Gasteiger partial charge in [-0.15, -0.1) is 0 Å². The van der Waals surface area contributed by atoms with Crippen LogP contribution < -0.4 is 5.32 Å². The van der Waals surface area contributed by atoms with Crippen molar-refractivity contribution in [1.82, 2.24) is 15.1 Å². The Morgan fingerprint density at radius 3 is 2.82 bits per heavy atom. The lowest BCUT2D eigenvalue weighted by Gasteiger charge is -2.22. The van der Waals surface area contributed by atoms with Crippen molar-refractivity contribution in [2.45, 2.75) is 52.1 Å². The van der Waals surface area contributed by atoms with Crippen molar-refractivity contribution >= 4 is 0 Å². The Morgan fingerprint density at radius 2 is 2.29 bits per heavy atom. The van der Waals surface area contributed by atoms with Crippen LogP contribution in [-0.2, 0) is 6.54 Å². The monoisotopic (exact) mass is 235 g/mol. The Bertz CT molecular complexity index is 345. The first-order valence-corrected chi connectivity index (χ1v) is 6.98. The highest BCUT2D eigenvalue weighted by atomic mass is 15.3. The molecule has 1 N–H and O–H groups in total. The van der Waals surface area contributed by atoms with Gasteiger partial charge in [-0.3, -0.25) is 4.68 Å². The van der Waals surface area contributed by atoms with Gasteiger partial charge in [0.2, 0.25) is 0 Å². The third-order valence-electron chi connectivity index (χ3n) is 4.28. The summed E-state index contributed by atoms with van der Waals surface area (Å²) in [4.78, 5) is 0. The van der Waals surface area contributed by atoms with E-state index in [1.807, 2.05) is 10.9 Å². The second-order valence-electron chi connectivity index (χ2n) is 5.24. The Hall–Kier alpha value is -0.830. The summed E-state index contributed by atoms with van der Waals surface area (Å²) >= 11 is 0. The Kier molecular flexibility index (Phi) is 4.21. The first kappa shape index (κ1) is 12.6. The van der Waals surface area contributed by atoms with Crippen molar-refractivity contribution in [2.75, 3.05) is 7.05 Å². The summed E-state index contributed by atoms with van der Waals surface area (Å²) in [5.41, 5.74) is 1.36. The van der Waals surface area contributed by atoms with E-state index in [9.17, 15) is 0 Å². The Labute approximate surface area is 105 Å². The quantitative estimate of drug-likeness (QED) is 0.850. The molecule has 3 atom stereocenters. The molecule has 0 spiro atoms. The van der Waals surface area contributed by atoms with Gasteiger partial charge in [-0.25, -0.2) is 0 Å². The fourth-order valence-corrected chi connectivity index (χ4v) is 3.17. The molecule has 1 aromatic rings. The van der Waals surface area contributed by atoms with Crippen LogP contribution in [-0.4, -0.2) is 16.8 Å². The van der Waals surface area contributed by atoms with Crippen LogP contribution in [0.2, 0.25) is 0 Å². The van der Waals surface area contributed by atoms with Crippen molar-refractivity contribution in [2.24, 2.45) is 11.8 Å². The second kappa shape index (κ2) is 5.67. The molecule has 1 aliphatic carbocycles. The third kappa shape index (κ3) is 2.71. The minimum Gasteiger partial charge on any atom is -0.313 e. The number of aryl methyl sites for hydroxylation is 1. The lowest BCUT2D eigenvalue weighted by Crippen LogP contribution is -2.23. The van der Waals surface area contributed by atoms with E-state index >= 15 is 0 Å². The zero-order chi connectivity index (χ0) is 12.3. The zero-order valence-electron chi connectivity index (χ0n) is 11.3. The van der Waals surface area contributed by atoms with Gasteiger partial charge in [0.15, 0.2) is 0 Å². The van der Waals surface area contributed by atoms with Crippen LogP contribution in [0, 0.1) is 11.8 Å². The van der Waals surface area contributed by atoms with Gasteiger partial charge in [0, 0.05) is 24.3 Å². The van der Waals surface area contributed by atoms with Crippen LogP contribution >= 0.6 is 0 Å². The average Bonchev–Trinajstić information content (AvgIpc) is 2.99. The smallest absolute Gasteiger partial charge is 0.0537 e. The molecule has 1 fully saturated rings. The molecule has 0 amide bonds. The van der Waals surface area contributed by atoms with Crippen molar-refractivity contribution in [3.05, 3.63) is 18.0 Å². The fourth-order valence-electron chi connectivity index (χ4n) is 3.17. The highest BCUT2D eigenvalue weighted by Crippen LogP contribution is 2.40. The van der Waals surface area contributed by atoms with Crippen LogP contribution in [0.3, 0.4) is 0 Å².